The first kappa shape index (κ1) is 13.9. The van der Waals surface area contributed by atoms with Crippen molar-refractivity contribution < 1.29 is 0 Å². The molecule has 2 nitrogen and oxygen atoms in total. The SMILES string of the molecule is Clc1cc2nc(C3CCC4CCCCC4C3)[nH]c2cc1Cl. The van der Waals surface area contributed by atoms with Gasteiger partial charge in [0, 0.05) is 5.92 Å². The highest BCUT2D eigenvalue weighted by Gasteiger charge is 2.33. The van der Waals surface area contributed by atoms with Gasteiger partial charge in [-0.1, -0.05) is 48.9 Å². The van der Waals surface area contributed by atoms with E-state index < -0.39 is 0 Å². The van der Waals surface area contributed by atoms with Gasteiger partial charge in [0.15, 0.2) is 0 Å². The van der Waals surface area contributed by atoms with Gasteiger partial charge in [-0.3, -0.25) is 0 Å². The second-order valence-corrected chi connectivity index (χ2v) is 7.53. The van der Waals surface area contributed by atoms with Gasteiger partial charge in [-0.15, -0.1) is 0 Å². The first-order valence-corrected chi connectivity index (χ1v) is 8.81. The lowest BCUT2D eigenvalue weighted by molar-refractivity contribution is 0.153. The van der Waals surface area contributed by atoms with E-state index in [0.717, 1.165) is 28.7 Å². The molecule has 4 heteroatoms. The van der Waals surface area contributed by atoms with Crippen molar-refractivity contribution in [3.8, 4) is 0 Å². The Balaban J connectivity index is 1.61. The van der Waals surface area contributed by atoms with E-state index in [1.54, 1.807) is 0 Å². The number of fused-ring (bicyclic) bond motifs is 2. The van der Waals surface area contributed by atoms with Gasteiger partial charge in [0.1, 0.15) is 5.82 Å². The molecule has 3 atom stereocenters. The molecule has 2 fully saturated rings. The smallest absolute Gasteiger partial charge is 0.110 e. The molecular formula is C17H20Cl2N2. The maximum Gasteiger partial charge on any atom is 0.110 e. The first-order chi connectivity index (χ1) is 10.2. The van der Waals surface area contributed by atoms with Gasteiger partial charge in [-0.25, -0.2) is 4.98 Å². The number of hydrogen-bond donors (Lipinski definition) is 1. The molecule has 4 rings (SSSR count). The van der Waals surface area contributed by atoms with Crippen molar-refractivity contribution in [1.29, 1.82) is 0 Å². The number of hydrogen-bond acceptors (Lipinski definition) is 1. The maximum absolute atomic E-state index is 6.09. The van der Waals surface area contributed by atoms with Gasteiger partial charge in [0.25, 0.3) is 0 Å². The fourth-order valence-corrected chi connectivity index (χ4v) is 4.66. The molecule has 2 aliphatic carbocycles. The quantitative estimate of drug-likeness (QED) is 0.691. The highest BCUT2D eigenvalue weighted by Crippen LogP contribution is 2.45. The van der Waals surface area contributed by atoms with Crippen LogP contribution in [0.2, 0.25) is 10.0 Å². The molecule has 1 aromatic heterocycles. The minimum Gasteiger partial charge on any atom is -0.342 e. The van der Waals surface area contributed by atoms with Crippen LogP contribution in [0.3, 0.4) is 0 Å². The predicted molar refractivity (Wildman–Crippen MR) is 88.2 cm³/mol. The molecular weight excluding hydrogens is 303 g/mol. The molecule has 0 amide bonds. The summed E-state index contributed by atoms with van der Waals surface area (Å²) in [5, 5.41) is 1.17. The monoisotopic (exact) mass is 322 g/mol. The predicted octanol–water partition coefficient (Wildman–Crippen LogP) is 5.94. The summed E-state index contributed by atoms with van der Waals surface area (Å²) in [6, 6.07) is 3.76. The zero-order valence-electron chi connectivity index (χ0n) is 12.0. The molecule has 0 radical (unpaired) electrons. The topological polar surface area (TPSA) is 28.7 Å². The van der Waals surface area contributed by atoms with Crippen molar-refractivity contribution in [3.63, 3.8) is 0 Å². The van der Waals surface area contributed by atoms with Gasteiger partial charge in [-0.2, -0.15) is 0 Å². The van der Waals surface area contributed by atoms with Gasteiger partial charge in [0.05, 0.1) is 21.1 Å². The van der Waals surface area contributed by atoms with E-state index >= 15 is 0 Å². The largest absolute Gasteiger partial charge is 0.342 e. The average molecular weight is 323 g/mol. The van der Waals surface area contributed by atoms with Gasteiger partial charge < -0.3 is 4.98 Å². The molecule has 0 bridgehead atoms. The standard InChI is InChI=1S/C17H20Cl2N2/c18-13-8-15-16(9-14(13)19)21-17(20-15)12-6-5-10-3-1-2-4-11(10)7-12/h8-12H,1-7H2,(H,20,21). The second-order valence-electron chi connectivity index (χ2n) is 6.72. The fraction of sp³-hybridized carbons (Fsp3) is 0.588. The normalized spacial score (nSPS) is 29.5. The molecule has 3 unspecified atom stereocenters. The van der Waals surface area contributed by atoms with Crippen molar-refractivity contribution >= 4 is 34.2 Å². The number of rotatable bonds is 1. The summed E-state index contributed by atoms with van der Waals surface area (Å²) in [6.45, 7) is 0. The lowest BCUT2D eigenvalue weighted by atomic mass is 9.67. The van der Waals surface area contributed by atoms with E-state index in [0.29, 0.717) is 16.0 Å². The number of benzene rings is 1. The molecule has 0 spiro atoms. The number of aromatic nitrogens is 2. The Morgan fingerprint density at radius 2 is 1.71 bits per heavy atom. The van der Waals surface area contributed by atoms with E-state index in [1.807, 2.05) is 12.1 Å². The summed E-state index contributed by atoms with van der Waals surface area (Å²) in [4.78, 5) is 8.25. The van der Waals surface area contributed by atoms with Crippen LogP contribution in [0.4, 0.5) is 0 Å². The number of nitrogens with zero attached hydrogens (tertiary/aromatic N) is 1. The third-order valence-corrected chi connectivity index (χ3v) is 6.19. The summed E-state index contributed by atoms with van der Waals surface area (Å²) in [6.07, 6.45) is 9.65. The van der Waals surface area contributed by atoms with Crippen molar-refractivity contribution in [3.05, 3.63) is 28.0 Å². The van der Waals surface area contributed by atoms with E-state index in [9.17, 15) is 0 Å². The number of imidazole rings is 1. The Morgan fingerprint density at radius 1 is 0.952 bits per heavy atom. The van der Waals surface area contributed by atoms with Crippen molar-refractivity contribution in [2.45, 2.75) is 50.9 Å². The van der Waals surface area contributed by atoms with Crippen LogP contribution in [0.25, 0.3) is 11.0 Å². The van der Waals surface area contributed by atoms with Crippen molar-refractivity contribution in [2.75, 3.05) is 0 Å². The summed E-state index contributed by atoms with van der Waals surface area (Å²) < 4.78 is 0. The van der Waals surface area contributed by atoms with Crippen LogP contribution in [0.15, 0.2) is 12.1 Å². The first-order valence-electron chi connectivity index (χ1n) is 8.05. The van der Waals surface area contributed by atoms with E-state index in [1.165, 1.54) is 44.9 Å². The van der Waals surface area contributed by atoms with Crippen LogP contribution < -0.4 is 0 Å². The number of H-pyrrole nitrogens is 1. The fourth-order valence-electron chi connectivity index (χ4n) is 4.34. The third kappa shape index (κ3) is 2.57. The molecule has 0 aliphatic heterocycles. The van der Waals surface area contributed by atoms with E-state index in [2.05, 4.69) is 4.98 Å². The minimum absolute atomic E-state index is 0.578. The molecule has 112 valence electrons. The molecule has 2 saturated carbocycles. The summed E-state index contributed by atoms with van der Waals surface area (Å²) in [7, 11) is 0. The molecule has 0 saturated heterocycles. The second kappa shape index (κ2) is 5.48. The Morgan fingerprint density at radius 3 is 2.57 bits per heavy atom. The number of nitrogens with one attached hydrogen (secondary N) is 1. The minimum atomic E-state index is 0.578. The van der Waals surface area contributed by atoms with E-state index in [-0.39, 0.29) is 0 Å². The van der Waals surface area contributed by atoms with Gasteiger partial charge >= 0.3 is 0 Å². The van der Waals surface area contributed by atoms with Crippen molar-refractivity contribution in [2.24, 2.45) is 11.8 Å². The number of aromatic amines is 1. The van der Waals surface area contributed by atoms with Gasteiger partial charge in [-0.05, 0) is 43.2 Å². The molecule has 1 heterocycles. The maximum atomic E-state index is 6.09. The average Bonchev–Trinajstić information content (AvgIpc) is 2.90. The van der Waals surface area contributed by atoms with Crippen LogP contribution in [-0.2, 0) is 0 Å². The zero-order chi connectivity index (χ0) is 14.4. The lowest BCUT2D eigenvalue weighted by Gasteiger charge is -2.38. The highest BCUT2D eigenvalue weighted by atomic mass is 35.5. The molecule has 21 heavy (non-hydrogen) atoms. The Hall–Kier alpha value is -0.730. The van der Waals surface area contributed by atoms with Gasteiger partial charge in [0.2, 0.25) is 0 Å². The summed E-state index contributed by atoms with van der Waals surface area (Å²) >= 11 is 12.2. The Kier molecular flexibility index (Phi) is 3.63. The highest BCUT2D eigenvalue weighted by molar-refractivity contribution is 6.42. The van der Waals surface area contributed by atoms with Crippen LogP contribution >= 0.6 is 23.2 Å². The lowest BCUT2D eigenvalue weighted by Crippen LogP contribution is -2.27. The van der Waals surface area contributed by atoms with Crippen molar-refractivity contribution in [1.82, 2.24) is 9.97 Å². The molecule has 1 aromatic carbocycles. The molecule has 2 aliphatic rings. The number of halogens is 2. The Labute approximate surface area is 135 Å². The van der Waals surface area contributed by atoms with E-state index in [4.69, 9.17) is 28.2 Å². The summed E-state index contributed by atoms with van der Waals surface area (Å²) in [5.41, 5.74) is 1.94. The molecule has 1 N–H and O–H groups in total. The third-order valence-electron chi connectivity index (χ3n) is 5.47. The zero-order valence-corrected chi connectivity index (χ0v) is 13.6. The summed E-state index contributed by atoms with van der Waals surface area (Å²) in [5.74, 6) is 3.60. The van der Waals surface area contributed by atoms with Crippen LogP contribution in [0, 0.1) is 11.8 Å². The van der Waals surface area contributed by atoms with Crippen LogP contribution in [0.5, 0.6) is 0 Å². The van der Waals surface area contributed by atoms with Crippen LogP contribution in [0.1, 0.15) is 56.7 Å². The molecule has 2 aromatic rings. The Bertz CT molecular complexity index is 625. The van der Waals surface area contributed by atoms with Crippen LogP contribution in [-0.4, -0.2) is 9.97 Å².